The minimum absolute atomic E-state index is 0.150. The predicted molar refractivity (Wildman–Crippen MR) is 103 cm³/mol. The normalized spacial score (nSPS) is 10.6. The Kier molecular flexibility index (Phi) is 5.76. The van der Waals surface area contributed by atoms with Crippen LogP contribution in [0.4, 0.5) is 0 Å². The van der Waals surface area contributed by atoms with E-state index in [2.05, 4.69) is 10.6 Å². The molecule has 0 bridgehead atoms. The highest BCUT2D eigenvalue weighted by Crippen LogP contribution is 2.17. The first kappa shape index (κ1) is 18.5. The smallest absolute Gasteiger partial charge is 0.253 e. The number of carbonyl (C=O) groups excluding carboxylic acids is 2. The minimum atomic E-state index is -0.151. The highest BCUT2D eigenvalue weighted by atomic mass is 16.3. The van der Waals surface area contributed by atoms with Crippen molar-refractivity contribution in [3.8, 4) is 0 Å². The van der Waals surface area contributed by atoms with Crippen molar-refractivity contribution in [1.29, 1.82) is 0 Å². The molecule has 1 aromatic carbocycles. The van der Waals surface area contributed by atoms with Crippen LogP contribution in [0.2, 0.25) is 0 Å². The number of nitrogens with zero attached hydrogens (tertiary/aromatic N) is 1. The second kappa shape index (κ2) is 8.40. The summed E-state index contributed by atoms with van der Waals surface area (Å²) in [7, 11) is 0. The summed E-state index contributed by atoms with van der Waals surface area (Å²) < 4.78 is 7.44. The molecule has 140 valence electrons. The molecule has 3 rings (SSSR count). The Hall–Kier alpha value is -3.28. The Balaban J connectivity index is 1.53. The Morgan fingerprint density at radius 1 is 0.963 bits per heavy atom. The van der Waals surface area contributed by atoms with Gasteiger partial charge in [0.25, 0.3) is 11.8 Å². The van der Waals surface area contributed by atoms with E-state index >= 15 is 0 Å². The monoisotopic (exact) mass is 365 g/mol. The molecule has 0 unspecified atom stereocenters. The molecule has 0 fully saturated rings. The molecule has 2 amide bonds. The Morgan fingerprint density at radius 2 is 1.67 bits per heavy atom. The van der Waals surface area contributed by atoms with E-state index in [1.165, 1.54) is 0 Å². The van der Waals surface area contributed by atoms with Crippen LogP contribution in [0.25, 0.3) is 0 Å². The molecule has 0 saturated carbocycles. The zero-order chi connectivity index (χ0) is 19.2. The van der Waals surface area contributed by atoms with Crippen molar-refractivity contribution in [1.82, 2.24) is 15.2 Å². The van der Waals surface area contributed by atoms with E-state index in [0.29, 0.717) is 30.8 Å². The maximum atomic E-state index is 12.5. The van der Waals surface area contributed by atoms with Gasteiger partial charge in [0.15, 0.2) is 0 Å². The zero-order valence-electron chi connectivity index (χ0n) is 15.5. The van der Waals surface area contributed by atoms with Crippen molar-refractivity contribution < 1.29 is 14.0 Å². The number of hydrogen-bond acceptors (Lipinski definition) is 3. The number of aromatic nitrogens is 1. The van der Waals surface area contributed by atoms with Crippen molar-refractivity contribution in [2.24, 2.45) is 0 Å². The molecular weight excluding hydrogens is 342 g/mol. The third-order valence-electron chi connectivity index (χ3n) is 4.44. The zero-order valence-corrected chi connectivity index (χ0v) is 15.5. The van der Waals surface area contributed by atoms with E-state index < -0.39 is 0 Å². The van der Waals surface area contributed by atoms with Crippen molar-refractivity contribution in [3.05, 3.63) is 83.1 Å². The van der Waals surface area contributed by atoms with Crippen LogP contribution in [0.3, 0.4) is 0 Å². The van der Waals surface area contributed by atoms with Crippen LogP contribution in [0.15, 0.2) is 59.2 Å². The maximum Gasteiger partial charge on any atom is 0.253 e. The van der Waals surface area contributed by atoms with Gasteiger partial charge in [-0.05, 0) is 44.2 Å². The van der Waals surface area contributed by atoms with Gasteiger partial charge in [-0.15, -0.1) is 0 Å². The first-order valence-corrected chi connectivity index (χ1v) is 8.87. The van der Waals surface area contributed by atoms with Gasteiger partial charge < -0.3 is 19.6 Å². The summed E-state index contributed by atoms with van der Waals surface area (Å²) in [6, 6.07) is 14.6. The molecule has 2 N–H and O–H groups in total. The van der Waals surface area contributed by atoms with Gasteiger partial charge in [0.05, 0.1) is 18.4 Å². The third kappa shape index (κ3) is 4.47. The quantitative estimate of drug-likeness (QED) is 0.632. The van der Waals surface area contributed by atoms with Gasteiger partial charge in [-0.1, -0.05) is 18.2 Å². The first-order valence-electron chi connectivity index (χ1n) is 8.87. The second-order valence-electron chi connectivity index (χ2n) is 6.33. The lowest BCUT2D eigenvalue weighted by Crippen LogP contribution is -2.34. The fourth-order valence-corrected chi connectivity index (χ4v) is 2.97. The van der Waals surface area contributed by atoms with E-state index in [4.69, 9.17) is 4.42 Å². The molecule has 0 aliphatic heterocycles. The van der Waals surface area contributed by atoms with E-state index in [1.807, 2.05) is 54.8 Å². The molecule has 0 radical (unpaired) electrons. The first-order chi connectivity index (χ1) is 13.1. The lowest BCUT2D eigenvalue weighted by Gasteiger charge is -2.09. The molecule has 6 heteroatoms. The fourth-order valence-electron chi connectivity index (χ4n) is 2.97. The van der Waals surface area contributed by atoms with Crippen LogP contribution in [0.1, 0.15) is 37.9 Å². The number of amides is 2. The van der Waals surface area contributed by atoms with E-state index in [0.717, 1.165) is 17.1 Å². The summed E-state index contributed by atoms with van der Waals surface area (Å²) in [5.74, 6) is 0.539. The number of aryl methyl sites for hydroxylation is 1. The summed E-state index contributed by atoms with van der Waals surface area (Å²) in [6.07, 6.45) is 1.64. The standard InChI is InChI=1S/C21H23N3O3/c1-15-13-19(16(2)24(15)14-18-9-6-12-27-18)21(26)23-11-10-22-20(25)17-7-4-3-5-8-17/h3-9,12-13H,10-11,14H2,1-2H3,(H,22,25)(H,23,26). The van der Waals surface area contributed by atoms with Gasteiger partial charge in [-0.2, -0.15) is 0 Å². The van der Waals surface area contributed by atoms with Crippen LogP contribution in [0.5, 0.6) is 0 Å². The van der Waals surface area contributed by atoms with Crippen LogP contribution in [-0.4, -0.2) is 29.5 Å². The van der Waals surface area contributed by atoms with Crippen LogP contribution < -0.4 is 10.6 Å². The van der Waals surface area contributed by atoms with E-state index in [9.17, 15) is 9.59 Å². The van der Waals surface area contributed by atoms with Gasteiger partial charge in [-0.3, -0.25) is 9.59 Å². The molecule has 0 aliphatic rings. The van der Waals surface area contributed by atoms with Gasteiger partial charge in [0.2, 0.25) is 0 Å². The Bertz CT molecular complexity index is 912. The Labute approximate surface area is 158 Å². The molecule has 3 aromatic rings. The summed E-state index contributed by atoms with van der Waals surface area (Å²) in [5, 5.41) is 5.65. The second-order valence-corrected chi connectivity index (χ2v) is 6.33. The minimum Gasteiger partial charge on any atom is -0.467 e. The molecule has 0 aliphatic carbocycles. The molecule has 2 heterocycles. The third-order valence-corrected chi connectivity index (χ3v) is 4.44. The molecule has 6 nitrogen and oxygen atoms in total. The SMILES string of the molecule is Cc1cc(C(=O)NCCNC(=O)c2ccccc2)c(C)n1Cc1ccco1. The van der Waals surface area contributed by atoms with Crippen molar-refractivity contribution >= 4 is 11.8 Å². The highest BCUT2D eigenvalue weighted by molar-refractivity contribution is 5.96. The Morgan fingerprint density at radius 3 is 2.33 bits per heavy atom. The van der Waals surface area contributed by atoms with Gasteiger partial charge in [0.1, 0.15) is 5.76 Å². The van der Waals surface area contributed by atoms with Crippen molar-refractivity contribution in [2.45, 2.75) is 20.4 Å². The number of nitrogens with one attached hydrogen (secondary N) is 2. The number of hydrogen-bond donors (Lipinski definition) is 2. The lowest BCUT2D eigenvalue weighted by molar-refractivity contribution is 0.0927. The maximum absolute atomic E-state index is 12.5. The van der Waals surface area contributed by atoms with E-state index in [-0.39, 0.29) is 11.8 Å². The molecular formula is C21H23N3O3. The number of carbonyl (C=O) groups is 2. The topological polar surface area (TPSA) is 76.3 Å². The van der Waals surface area contributed by atoms with Crippen LogP contribution in [0, 0.1) is 13.8 Å². The van der Waals surface area contributed by atoms with Gasteiger partial charge >= 0.3 is 0 Å². The number of rotatable bonds is 7. The average molecular weight is 365 g/mol. The molecule has 0 atom stereocenters. The highest BCUT2D eigenvalue weighted by Gasteiger charge is 2.16. The molecule has 27 heavy (non-hydrogen) atoms. The molecule has 0 spiro atoms. The number of furan rings is 1. The lowest BCUT2D eigenvalue weighted by atomic mass is 10.2. The summed E-state index contributed by atoms with van der Waals surface area (Å²) in [5.41, 5.74) is 3.11. The summed E-state index contributed by atoms with van der Waals surface area (Å²) >= 11 is 0. The fraction of sp³-hybridized carbons (Fsp3) is 0.238. The largest absolute Gasteiger partial charge is 0.467 e. The van der Waals surface area contributed by atoms with Gasteiger partial charge in [0, 0.05) is 30.0 Å². The summed E-state index contributed by atoms with van der Waals surface area (Å²) in [6.45, 7) is 5.20. The van der Waals surface area contributed by atoms with Crippen LogP contribution >= 0.6 is 0 Å². The average Bonchev–Trinajstić information content (AvgIpc) is 3.29. The van der Waals surface area contributed by atoms with Crippen molar-refractivity contribution in [3.63, 3.8) is 0 Å². The predicted octanol–water partition coefficient (Wildman–Crippen LogP) is 2.91. The van der Waals surface area contributed by atoms with Crippen molar-refractivity contribution in [2.75, 3.05) is 13.1 Å². The van der Waals surface area contributed by atoms with Crippen LogP contribution in [-0.2, 0) is 6.54 Å². The van der Waals surface area contributed by atoms with E-state index in [1.54, 1.807) is 18.4 Å². The summed E-state index contributed by atoms with van der Waals surface area (Å²) in [4.78, 5) is 24.5. The van der Waals surface area contributed by atoms with Gasteiger partial charge in [-0.25, -0.2) is 0 Å². The number of benzene rings is 1. The molecule has 0 saturated heterocycles. The molecule has 2 aromatic heterocycles.